The summed E-state index contributed by atoms with van der Waals surface area (Å²) in [7, 11) is 0. The largest absolute Gasteiger partial charge is 0.310 e. The second-order valence-corrected chi connectivity index (χ2v) is 8.37. The Kier molecular flexibility index (Phi) is 2.64. The summed E-state index contributed by atoms with van der Waals surface area (Å²) in [5, 5.41) is 4.06. The molecule has 1 N–H and O–H groups in total. The van der Waals surface area contributed by atoms with E-state index in [1.54, 1.807) is 0 Å². The first kappa shape index (κ1) is 12.9. The van der Waals surface area contributed by atoms with Gasteiger partial charge in [-0.15, -0.1) is 0 Å². The highest BCUT2D eigenvalue weighted by molar-refractivity contribution is 5.28. The molecule has 5 unspecified atom stereocenters. The van der Waals surface area contributed by atoms with Crippen molar-refractivity contribution in [1.82, 2.24) is 5.32 Å². The molecule has 0 amide bonds. The highest BCUT2D eigenvalue weighted by Gasteiger charge is 2.60. The molecule has 5 atom stereocenters. The van der Waals surface area contributed by atoms with Crippen LogP contribution in [-0.2, 0) is 0 Å². The minimum atomic E-state index is 0.483. The molecule has 3 saturated carbocycles. The zero-order chi connectivity index (χ0) is 14.0. The lowest BCUT2D eigenvalue weighted by atomic mass is 9.68. The van der Waals surface area contributed by atoms with Crippen LogP contribution >= 0.6 is 0 Å². The summed E-state index contributed by atoms with van der Waals surface area (Å²) in [6.07, 6.45) is 5.66. The van der Waals surface area contributed by atoms with E-state index in [0.717, 1.165) is 17.9 Å². The Balaban J connectivity index is 1.48. The van der Waals surface area contributed by atoms with Gasteiger partial charge in [0, 0.05) is 18.0 Å². The molecular weight excluding hydrogens is 242 g/mol. The van der Waals surface area contributed by atoms with Crippen LogP contribution in [0.1, 0.15) is 57.9 Å². The fraction of sp³-hybridized carbons (Fsp3) is 0.684. The maximum atomic E-state index is 4.06. The van der Waals surface area contributed by atoms with Gasteiger partial charge in [0.05, 0.1) is 0 Å². The van der Waals surface area contributed by atoms with Crippen LogP contribution in [0.4, 0.5) is 0 Å². The summed E-state index contributed by atoms with van der Waals surface area (Å²) < 4.78 is 0. The Bertz CT molecular complexity index is 501. The Hall–Kier alpha value is -0.820. The van der Waals surface area contributed by atoms with Crippen molar-refractivity contribution < 1.29 is 0 Å². The summed E-state index contributed by atoms with van der Waals surface area (Å²) >= 11 is 0. The van der Waals surface area contributed by atoms with E-state index in [1.165, 1.54) is 31.2 Å². The zero-order valence-electron chi connectivity index (χ0n) is 13.0. The second-order valence-electron chi connectivity index (χ2n) is 8.37. The van der Waals surface area contributed by atoms with Crippen molar-refractivity contribution in [2.24, 2.45) is 16.7 Å². The topological polar surface area (TPSA) is 12.0 Å². The first-order valence-corrected chi connectivity index (χ1v) is 8.32. The van der Waals surface area contributed by atoms with E-state index in [2.05, 4.69) is 56.4 Å². The SMILES string of the molecule is CC12CCC(C1)C(C)(C)C2NC1CC1c1ccccc1. The number of hydrogen-bond acceptors (Lipinski definition) is 1. The molecule has 108 valence electrons. The van der Waals surface area contributed by atoms with Crippen LogP contribution in [0.25, 0.3) is 0 Å². The third kappa shape index (κ3) is 1.79. The summed E-state index contributed by atoms with van der Waals surface area (Å²) in [6.45, 7) is 7.53. The van der Waals surface area contributed by atoms with E-state index < -0.39 is 0 Å². The van der Waals surface area contributed by atoms with E-state index in [-0.39, 0.29) is 0 Å². The standard InChI is InChI=1S/C19H27N/c1-18(2)14-9-10-19(3,12-14)17(18)20-16-11-15(16)13-7-5-4-6-8-13/h4-8,14-17,20H,9-12H2,1-3H3. The van der Waals surface area contributed by atoms with Gasteiger partial charge in [0.25, 0.3) is 0 Å². The highest BCUT2D eigenvalue weighted by Crippen LogP contribution is 2.63. The summed E-state index contributed by atoms with van der Waals surface area (Å²) in [5.74, 6) is 1.70. The maximum absolute atomic E-state index is 4.06. The Labute approximate surface area is 123 Å². The molecule has 3 aliphatic rings. The summed E-state index contributed by atoms with van der Waals surface area (Å²) in [4.78, 5) is 0. The quantitative estimate of drug-likeness (QED) is 0.860. The molecule has 1 aromatic carbocycles. The van der Waals surface area contributed by atoms with Crippen LogP contribution in [0.2, 0.25) is 0 Å². The predicted molar refractivity (Wildman–Crippen MR) is 83.7 cm³/mol. The molecule has 2 bridgehead atoms. The van der Waals surface area contributed by atoms with Crippen molar-refractivity contribution >= 4 is 0 Å². The van der Waals surface area contributed by atoms with Crippen molar-refractivity contribution in [3.8, 4) is 0 Å². The normalized spacial score (nSPS) is 44.8. The van der Waals surface area contributed by atoms with Crippen LogP contribution < -0.4 is 5.32 Å². The Morgan fingerprint density at radius 3 is 2.50 bits per heavy atom. The predicted octanol–water partition coefficient (Wildman–Crippen LogP) is 4.35. The van der Waals surface area contributed by atoms with Gasteiger partial charge in [-0.05, 0) is 48.0 Å². The number of rotatable bonds is 3. The first-order chi connectivity index (χ1) is 9.51. The van der Waals surface area contributed by atoms with Crippen molar-refractivity contribution in [3.05, 3.63) is 35.9 Å². The summed E-state index contributed by atoms with van der Waals surface area (Å²) in [6, 6.07) is 12.5. The monoisotopic (exact) mass is 269 g/mol. The minimum Gasteiger partial charge on any atom is -0.310 e. The van der Waals surface area contributed by atoms with Gasteiger partial charge >= 0.3 is 0 Å². The third-order valence-corrected chi connectivity index (χ3v) is 6.67. The lowest BCUT2D eigenvalue weighted by molar-refractivity contribution is 0.107. The molecular formula is C19H27N. The minimum absolute atomic E-state index is 0.483. The molecule has 1 nitrogen and oxygen atoms in total. The number of benzene rings is 1. The molecule has 0 spiro atoms. The van der Waals surface area contributed by atoms with Gasteiger partial charge in [-0.2, -0.15) is 0 Å². The van der Waals surface area contributed by atoms with Gasteiger partial charge in [-0.25, -0.2) is 0 Å². The van der Waals surface area contributed by atoms with E-state index >= 15 is 0 Å². The van der Waals surface area contributed by atoms with Crippen molar-refractivity contribution in [1.29, 1.82) is 0 Å². The molecule has 20 heavy (non-hydrogen) atoms. The number of nitrogens with one attached hydrogen (secondary N) is 1. The molecule has 3 fully saturated rings. The average Bonchev–Trinajstić information content (AvgIpc) is 3.05. The van der Waals surface area contributed by atoms with Crippen LogP contribution in [0.5, 0.6) is 0 Å². The molecule has 3 aliphatic carbocycles. The highest BCUT2D eigenvalue weighted by atomic mass is 15.1. The van der Waals surface area contributed by atoms with Crippen molar-refractivity contribution in [2.75, 3.05) is 0 Å². The summed E-state index contributed by atoms with van der Waals surface area (Å²) in [5.41, 5.74) is 2.56. The fourth-order valence-electron chi connectivity index (χ4n) is 5.38. The number of fused-ring (bicyclic) bond motifs is 2. The molecule has 0 heterocycles. The molecule has 0 saturated heterocycles. The van der Waals surface area contributed by atoms with Gasteiger partial charge in [0.2, 0.25) is 0 Å². The van der Waals surface area contributed by atoms with Crippen molar-refractivity contribution in [2.45, 2.75) is 64.5 Å². The fourth-order valence-corrected chi connectivity index (χ4v) is 5.38. The lowest BCUT2D eigenvalue weighted by Gasteiger charge is -2.43. The van der Waals surface area contributed by atoms with Gasteiger partial charge < -0.3 is 5.32 Å². The van der Waals surface area contributed by atoms with E-state index in [9.17, 15) is 0 Å². The molecule has 0 aliphatic heterocycles. The van der Waals surface area contributed by atoms with Gasteiger partial charge in [-0.3, -0.25) is 0 Å². The number of hydrogen-bond donors (Lipinski definition) is 1. The second kappa shape index (κ2) is 4.10. The molecule has 0 radical (unpaired) electrons. The van der Waals surface area contributed by atoms with E-state index in [4.69, 9.17) is 0 Å². The first-order valence-electron chi connectivity index (χ1n) is 8.32. The van der Waals surface area contributed by atoms with Gasteiger partial charge in [-0.1, -0.05) is 51.1 Å². The lowest BCUT2D eigenvalue weighted by Crippen LogP contribution is -2.51. The van der Waals surface area contributed by atoms with Crippen LogP contribution in [0.3, 0.4) is 0 Å². The smallest absolute Gasteiger partial charge is 0.0178 e. The van der Waals surface area contributed by atoms with Gasteiger partial charge in [0.1, 0.15) is 0 Å². The zero-order valence-corrected chi connectivity index (χ0v) is 13.0. The Morgan fingerprint density at radius 1 is 1.10 bits per heavy atom. The van der Waals surface area contributed by atoms with Crippen LogP contribution in [0, 0.1) is 16.7 Å². The molecule has 4 rings (SSSR count). The molecule has 0 aromatic heterocycles. The van der Waals surface area contributed by atoms with Crippen LogP contribution in [0.15, 0.2) is 30.3 Å². The van der Waals surface area contributed by atoms with Crippen LogP contribution in [-0.4, -0.2) is 12.1 Å². The van der Waals surface area contributed by atoms with E-state index in [0.29, 0.717) is 16.9 Å². The third-order valence-electron chi connectivity index (χ3n) is 6.67. The average molecular weight is 269 g/mol. The van der Waals surface area contributed by atoms with Gasteiger partial charge in [0.15, 0.2) is 0 Å². The maximum Gasteiger partial charge on any atom is 0.0178 e. The van der Waals surface area contributed by atoms with E-state index in [1.807, 2.05) is 0 Å². The Morgan fingerprint density at radius 2 is 1.85 bits per heavy atom. The molecule has 1 heteroatoms. The molecule has 1 aromatic rings. The van der Waals surface area contributed by atoms with Crippen molar-refractivity contribution in [3.63, 3.8) is 0 Å².